The van der Waals surface area contributed by atoms with Gasteiger partial charge in [0, 0.05) is 19.5 Å². The Morgan fingerprint density at radius 3 is 1.11 bits per heavy atom. The summed E-state index contributed by atoms with van der Waals surface area (Å²) < 4.78 is 0. The predicted molar refractivity (Wildman–Crippen MR) is 126 cm³/mol. The highest BCUT2D eigenvalue weighted by Crippen LogP contribution is 2.14. The summed E-state index contributed by atoms with van der Waals surface area (Å²) in [5.41, 5.74) is 0. The van der Waals surface area contributed by atoms with Crippen molar-refractivity contribution in [3.63, 3.8) is 0 Å². The number of hydrogen-bond donors (Lipinski definition) is 0. The first-order valence-electron chi connectivity index (χ1n) is 13.0. The largest absolute Gasteiger partial charge is 0.343 e. The zero-order valence-corrected chi connectivity index (χ0v) is 19.9. The Balaban J connectivity index is 3.26. The van der Waals surface area contributed by atoms with E-state index in [0.29, 0.717) is 5.91 Å². The number of rotatable bonds is 22. The van der Waals surface area contributed by atoms with Crippen molar-refractivity contribution < 1.29 is 4.79 Å². The first-order chi connectivity index (χ1) is 13.8. The molecule has 0 atom stereocenters. The van der Waals surface area contributed by atoms with Gasteiger partial charge in [-0.3, -0.25) is 4.79 Å². The second-order valence-corrected chi connectivity index (χ2v) is 8.79. The zero-order chi connectivity index (χ0) is 20.7. The van der Waals surface area contributed by atoms with Gasteiger partial charge < -0.3 is 4.90 Å². The lowest BCUT2D eigenvalue weighted by Crippen LogP contribution is -2.32. The fraction of sp³-hybridized carbons (Fsp3) is 0.962. The van der Waals surface area contributed by atoms with Crippen molar-refractivity contribution in [2.24, 2.45) is 0 Å². The molecule has 28 heavy (non-hydrogen) atoms. The second kappa shape index (κ2) is 22.8. The van der Waals surface area contributed by atoms with E-state index in [1.807, 2.05) is 0 Å². The lowest BCUT2D eigenvalue weighted by molar-refractivity contribution is -0.131. The normalized spacial score (nSPS) is 11.1. The molecule has 1 amide bonds. The van der Waals surface area contributed by atoms with Gasteiger partial charge in [-0.25, -0.2) is 0 Å². The van der Waals surface area contributed by atoms with Gasteiger partial charge in [0.2, 0.25) is 5.91 Å². The lowest BCUT2D eigenvalue weighted by Gasteiger charge is -2.21. The molecule has 0 spiro atoms. The van der Waals surface area contributed by atoms with Crippen LogP contribution in [0.4, 0.5) is 0 Å². The van der Waals surface area contributed by atoms with Gasteiger partial charge in [0.1, 0.15) is 0 Å². The van der Waals surface area contributed by atoms with Crippen LogP contribution in [0.15, 0.2) is 0 Å². The monoisotopic (exact) mass is 395 g/mol. The first-order valence-corrected chi connectivity index (χ1v) is 13.0. The summed E-state index contributed by atoms with van der Waals surface area (Å²) in [6, 6.07) is 0. The van der Waals surface area contributed by atoms with Crippen LogP contribution in [0.25, 0.3) is 0 Å². The van der Waals surface area contributed by atoms with Crippen LogP contribution in [0, 0.1) is 0 Å². The average molecular weight is 396 g/mol. The average Bonchev–Trinajstić information content (AvgIpc) is 2.70. The van der Waals surface area contributed by atoms with Gasteiger partial charge in [-0.1, -0.05) is 124 Å². The summed E-state index contributed by atoms with van der Waals surface area (Å²) in [7, 11) is 0. The summed E-state index contributed by atoms with van der Waals surface area (Å²) in [5, 5.41) is 0. The number of carbonyl (C=O) groups is 1. The molecule has 0 aliphatic heterocycles. The second-order valence-electron chi connectivity index (χ2n) is 8.79. The Bertz CT molecular complexity index is 310. The molecule has 0 saturated heterocycles. The van der Waals surface area contributed by atoms with E-state index in [-0.39, 0.29) is 0 Å². The van der Waals surface area contributed by atoms with Crippen LogP contribution in [0.3, 0.4) is 0 Å². The molecule has 0 radical (unpaired) electrons. The Morgan fingerprint density at radius 1 is 0.464 bits per heavy atom. The smallest absolute Gasteiger partial charge is 0.222 e. The molecule has 0 aliphatic carbocycles. The Hall–Kier alpha value is -0.530. The molecule has 0 saturated carbocycles. The molecule has 168 valence electrons. The molecular formula is C26H53NO. The molecular weight excluding hydrogens is 342 g/mol. The van der Waals surface area contributed by atoms with Gasteiger partial charge in [-0.15, -0.1) is 0 Å². The maximum atomic E-state index is 12.2. The molecule has 0 heterocycles. The fourth-order valence-corrected chi connectivity index (χ4v) is 4.06. The van der Waals surface area contributed by atoms with E-state index in [2.05, 4.69) is 25.7 Å². The topological polar surface area (TPSA) is 20.3 Å². The minimum atomic E-state index is 0.379. The van der Waals surface area contributed by atoms with Gasteiger partial charge in [0.15, 0.2) is 0 Å². The van der Waals surface area contributed by atoms with Gasteiger partial charge in [0.25, 0.3) is 0 Å². The molecule has 0 aliphatic rings. The molecule has 0 N–H and O–H groups in total. The molecule has 0 aromatic rings. The van der Waals surface area contributed by atoms with Crippen molar-refractivity contribution >= 4 is 5.91 Å². The highest BCUT2D eigenvalue weighted by Gasteiger charge is 2.10. The van der Waals surface area contributed by atoms with Crippen LogP contribution in [-0.2, 0) is 4.79 Å². The number of nitrogens with zero attached hydrogens (tertiary/aromatic N) is 1. The highest BCUT2D eigenvalue weighted by molar-refractivity contribution is 5.76. The minimum absolute atomic E-state index is 0.379. The quantitative estimate of drug-likeness (QED) is 0.168. The summed E-state index contributed by atoms with van der Waals surface area (Å²) in [4.78, 5) is 14.3. The minimum Gasteiger partial charge on any atom is -0.343 e. The van der Waals surface area contributed by atoms with Crippen molar-refractivity contribution in [1.82, 2.24) is 4.90 Å². The fourth-order valence-electron chi connectivity index (χ4n) is 4.06. The number of unbranched alkanes of at least 4 members (excludes halogenated alkanes) is 16. The lowest BCUT2D eigenvalue weighted by atomic mass is 10.0. The van der Waals surface area contributed by atoms with Crippen LogP contribution in [0.2, 0.25) is 0 Å². The number of hydrogen-bond acceptors (Lipinski definition) is 1. The van der Waals surface area contributed by atoms with E-state index in [1.54, 1.807) is 0 Å². The Labute approximate surface area is 178 Å². The Kier molecular flexibility index (Phi) is 22.3. The zero-order valence-electron chi connectivity index (χ0n) is 19.9. The van der Waals surface area contributed by atoms with E-state index in [9.17, 15) is 4.79 Å². The van der Waals surface area contributed by atoms with Crippen molar-refractivity contribution in [3.05, 3.63) is 0 Å². The summed E-state index contributed by atoms with van der Waals surface area (Å²) in [6.07, 6.45) is 26.5. The first kappa shape index (κ1) is 27.5. The van der Waals surface area contributed by atoms with E-state index in [0.717, 1.165) is 38.8 Å². The van der Waals surface area contributed by atoms with Crippen molar-refractivity contribution in [2.45, 2.75) is 149 Å². The standard InChI is InChI=1S/C26H53NO/c1-4-7-8-9-10-11-12-13-14-15-16-17-18-19-20-21-22-23-26(28)27(24-5-2)25-6-3/h4-25H2,1-3H3. The molecule has 0 bridgehead atoms. The van der Waals surface area contributed by atoms with Crippen LogP contribution in [0.5, 0.6) is 0 Å². The third-order valence-electron chi connectivity index (χ3n) is 5.83. The third-order valence-corrected chi connectivity index (χ3v) is 5.83. The molecule has 0 aromatic heterocycles. The van der Waals surface area contributed by atoms with Crippen LogP contribution < -0.4 is 0 Å². The van der Waals surface area contributed by atoms with E-state index in [1.165, 1.54) is 103 Å². The van der Waals surface area contributed by atoms with E-state index in [4.69, 9.17) is 0 Å². The molecule has 2 nitrogen and oxygen atoms in total. The molecule has 0 rings (SSSR count). The molecule has 2 heteroatoms. The predicted octanol–water partition coefficient (Wildman–Crippen LogP) is 8.68. The van der Waals surface area contributed by atoms with Gasteiger partial charge in [-0.2, -0.15) is 0 Å². The maximum Gasteiger partial charge on any atom is 0.222 e. The highest BCUT2D eigenvalue weighted by atomic mass is 16.2. The molecule has 0 unspecified atom stereocenters. The van der Waals surface area contributed by atoms with Crippen LogP contribution in [-0.4, -0.2) is 23.9 Å². The van der Waals surface area contributed by atoms with E-state index >= 15 is 0 Å². The summed E-state index contributed by atoms with van der Waals surface area (Å²) >= 11 is 0. The van der Waals surface area contributed by atoms with Crippen molar-refractivity contribution in [1.29, 1.82) is 0 Å². The number of carbonyl (C=O) groups excluding carboxylic acids is 1. The van der Waals surface area contributed by atoms with Gasteiger partial charge in [0.05, 0.1) is 0 Å². The number of amides is 1. The molecule has 0 aromatic carbocycles. The van der Waals surface area contributed by atoms with E-state index < -0.39 is 0 Å². The van der Waals surface area contributed by atoms with Gasteiger partial charge >= 0.3 is 0 Å². The third kappa shape index (κ3) is 18.8. The van der Waals surface area contributed by atoms with Crippen molar-refractivity contribution in [3.8, 4) is 0 Å². The molecule has 0 fully saturated rings. The SMILES string of the molecule is CCCCCCCCCCCCCCCCCCCC(=O)N(CCC)CCC. The summed E-state index contributed by atoms with van der Waals surface area (Å²) in [6.45, 7) is 8.48. The van der Waals surface area contributed by atoms with Crippen LogP contribution in [0.1, 0.15) is 149 Å². The Morgan fingerprint density at radius 2 is 0.786 bits per heavy atom. The van der Waals surface area contributed by atoms with Gasteiger partial charge in [-0.05, 0) is 19.3 Å². The van der Waals surface area contributed by atoms with Crippen molar-refractivity contribution in [2.75, 3.05) is 13.1 Å². The summed E-state index contributed by atoms with van der Waals surface area (Å²) in [5.74, 6) is 0.379. The maximum absolute atomic E-state index is 12.2. The van der Waals surface area contributed by atoms with Crippen LogP contribution >= 0.6 is 0 Å².